The van der Waals surface area contributed by atoms with Gasteiger partial charge in [-0.05, 0) is 18.3 Å². The van der Waals surface area contributed by atoms with Gasteiger partial charge in [-0.1, -0.05) is 32.6 Å². The summed E-state index contributed by atoms with van der Waals surface area (Å²) in [4.78, 5) is 0. The molecule has 0 saturated heterocycles. The normalized spacial score (nSPS) is 21.5. The Morgan fingerprint density at radius 3 is 2.64 bits per heavy atom. The molecule has 1 atom stereocenters. The Labute approximate surface area is 69.4 Å². The highest BCUT2D eigenvalue weighted by Gasteiger charge is 2.20. The highest BCUT2D eigenvalue weighted by atomic mass is 14.3. The number of nitriles is 1. The molecule has 0 heterocycles. The minimum absolute atomic E-state index is 0.748. The summed E-state index contributed by atoms with van der Waals surface area (Å²) in [6.45, 7) is 2.30. The molecule has 0 aromatic carbocycles. The summed E-state index contributed by atoms with van der Waals surface area (Å²) in [5, 5.41) is 8.41. The molecule has 0 amide bonds. The summed E-state index contributed by atoms with van der Waals surface area (Å²) >= 11 is 0. The van der Waals surface area contributed by atoms with E-state index in [9.17, 15) is 0 Å². The largest absolute Gasteiger partial charge is 0.198 e. The number of rotatable bonds is 3. The van der Waals surface area contributed by atoms with Crippen LogP contribution in [0.15, 0.2) is 0 Å². The zero-order valence-corrected chi connectivity index (χ0v) is 7.34. The molecule has 0 bridgehead atoms. The van der Waals surface area contributed by atoms with E-state index in [1.165, 1.54) is 25.7 Å². The van der Waals surface area contributed by atoms with E-state index in [4.69, 9.17) is 5.26 Å². The molecule has 1 aliphatic carbocycles. The molecule has 1 fully saturated rings. The Morgan fingerprint density at radius 1 is 1.45 bits per heavy atom. The first-order valence-corrected chi connectivity index (χ1v) is 4.71. The monoisotopic (exact) mass is 151 g/mol. The van der Waals surface area contributed by atoms with Crippen molar-refractivity contribution < 1.29 is 0 Å². The molecule has 0 spiro atoms. The minimum Gasteiger partial charge on any atom is -0.198 e. The molecule has 0 unspecified atom stereocenters. The van der Waals surface area contributed by atoms with Crippen molar-refractivity contribution in [3.63, 3.8) is 0 Å². The molecule has 0 aliphatic heterocycles. The van der Waals surface area contributed by atoms with Crippen molar-refractivity contribution in [2.45, 2.75) is 45.4 Å². The zero-order chi connectivity index (χ0) is 8.10. The molecule has 0 aromatic rings. The van der Waals surface area contributed by atoms with E-state index in [-0.39, 0.29) is 0 Å². The highest BCUT2D eigenvalue weighted by molar-refractivity contribution is 4.77. The van der Waals surface area contributed by atoms with Crippen LogP contribution in [0.3, 0.4) is 0 Å². The van der Waals surface area contributed by atoms with E-state index in [2.05, 4.69) is 13.0 Å². The summed E-state index contributed by atoms with van der Waals surface area (Å²) in [5.41, 5.74) is 0. The van der Waals surface area contributed by atoms with Crippen LogP contribution in [0.5, 0.6) is 0 Å². The van der Waals surface area contributed by atoms with Gasteiger partial charge in [-0.15, -0.1) is 0 Å². The summed E-state index contributed by atoms with van der Waals surface area (Å²) in [7, 11) is 0. The molecule has 0 aromatic heterocycles. The third kappa shape index (κ3) is 2.54. The molecular formula is C10H17N. The van der Waals surface area contributed by atoms with Gasteiger partial charge in [0, 0.05) is 6.42 Å². The molecule has 0 N–H and O–H groups in total. The summed E-state index contributed by atoms with van der Waals surface area (Å²) in [5.74, 6) is 1.72. The third-order valence-corrected chi connectivity index (χ3v) is 2.92. The lowest BCUT2D eigenvalue weighted by Gasteiger charge is -2.16. The summed E-state index contributed by atoms with van der Waals surface area (Å²) < 4.78 is 0. The fraction of sp³-hybridized carbons (Fsp3) is 0.900. The molecule has 0 radical (unpaired) electrons. The third-order valence-electron chi connectivity index (χ3n) is 2.92. The van der Waals surface area contributed by atoms with Crippen molar-refractivity contribution >= 4 is 0 Å². The molecule has 1 rings (SSSR count). The van der Waals surface area contributed by atoms with Crippen LogP contribution in [0, 0.1) is 23.2 Å². The van der Waals surface area contributed by atoms with E-state index >= 15 is 0 Å². The van der Waals surface area contributed by atoms with Crippen molar-refractivity contribution in [3.05, 3.63) is 0 Å². The van der Waals surface area contributed by atoms with Crippen LogP contribution < -0.4 is 0 Å². The fourth-order valence-corrected chi connectivity index (χ4v) is 2.05. The zero-order valence-electron chi connectivity index (χ0n) is 7.34. The number of hydrogen-bond acceptors (Lipinski definition) is 1. The molecule has 1 nitrogen and oxygen atoms in total. The fourth-order valence-electron chi connectivity index (χ4n) is 2.05. The van der Waals surface area contributed by atoms with Crippen LogP contribution >= 0.6 is 0 Å². The van der Waals surface area contributed by atoms with Gasteiger partial charge in [0.15, 0.2) is 0 Å². The Hall–Kier alpha value is -0.510. The predicted molar refractivity (Wildman–Crippen MR) is 46.0 cm³/mol. The van der Waals surface area contributed by atoms with Crippen LogP contribution in [0.25, 0.3) is 0 Å². The second kappa shape index (κ2) is 4.38. The predicted octanol–water partition coefficient (Wildman–Crippen LogP) is 3.12. The van der Waals surface area contributed by atoms with Gasteiger partial charge in [0.05, 0.1) is 6.07 Å². The van der Waals surface area contributed by atoms with Crippen molar-refractivity contribution in [3.8, 4) is 6.07 Å². The second-order valence-electron chi connectivity index (χ2n) is 3.72. The van der Waals surface area contributed by atoms with Crippen molar-refractivity contribution in [2.24, 2.45) is 11.8 Å². The standard InChI is InChI=1S/C10H17N/c1-9(5-4-8-11)10-6-2-3-7-10/h9-10H,2-7H2,1H3/t9-/m1/s1. The Kier molecular flexibility index (Phi) is 3.42. The summed E-state index contributed by atoms with van der Waals surface area (Å²) in [6, 6.07) is 2.22. The minimum atomic E-state index is 0.748. The van der Waals surface area contributed by atoms with E-state index in [1.54, 1.807) is 0 Å². The maximum Gasteiger partial charge on any atom is 0.0621 e. The smallest absolute Gasteiger partial charge is 0.0621 e. The topological polar surface area (TPSA) is 23.8 Å². The van der Waals surface area contributed by atoms with E-state index in [0.717, 1.165) is 24.7 Å². The van der Waals surface area contributed by atoms with Crippen LogP contribution in [0.2, 0.25) is 0 Å². The number of hydrogen-bond donors (Lipinski definition) is 0. The van der Waals surface area contributed by atoms with Gasteiger partial charge in [-0.3, -0.25) is 0 Å². The van der Waals surface area contributed by atoms with Gasteiger partial charge < -0.3 is 0 Å². The average Bonchev–Trinajstić information content (AvgIpc) is 2.52. The van der Waals surface area contributed by atoms with Crippen LogP contribution in [0.1, 0.15) is 45.4 Å². The Bertz CT molecular complexity index is 139. The quantitative estimate of drug-likeness (QED) is 0.608. The van der Waals surface area contributed by atoms with Gasteiger partial charge in [-0.25, -0.2) is 0 Å². The lowest BCUT2D eigenvalue weighted by atomic mass is 9.89. The van der Waals surface area contributed by atoms with Gasteiger partial charge in [-0.2, -0.15) is 5.26 Å². The number of nitrogens with zero attached hydrogens (tertiary/aromatic N) is 1. The molecule has 1 heteroatoms. The molecule has 1 saturated carbocycles. The van der Waals surface area contributed by atoms with Crippen LogP contribution in [-0.2, 0) is 0 Å². The highest BCUT2D eigenvalue weighted by Crippen LogP contribution is 2.33. The van der Waals surface area contributed by atoms with Gasteiger partial charge in [0.2, 0.25) is 0 Å². The Morgan fingerprint density at radius 2 is 2.09 bits per heavy atom. The second-order valence-corrected chi connectivity index (χ2v) is 3.72. The summed E-state index contributed by atoms with van der Waals surface area (Å²) in [6.07, 6.45) is 7.52. The maximum absolute atomic E-state index is 8.41. The van der Waals surface area contributed by atoms with Crippen molar-refractivity contribution in [2.75, 3.05) is 0 Å². The molecule has 11 heavy (non-hydrogen) atoms. The van der Waals surface area contributed by atoms with E-state index < -0.39 is 0 Å². The molecular weight excluding hydrogens is 134 g/mol. The van der Waals surface area contributed by atoms with Crippen LogP contribution in [0.4, 0.5) is 0 Å². The lowest BCUT2D eigenvalue weighted by molar-refractivity contribution is 0.349. The first kappa shape index (κ1) is 8.59. The Balaban J connectivity index is 2.18. The van der Waals surface area contributed by atoms with Crippen molar-refractivity contribution in [1.82, 2.24) is 0 Å². The average molecular weight is 151 g/mol. The van der Waals surface area contributed by atoms with Crippen molar-refractivity contribution in [1.29, 1.82) is 5.26 Å². The SMILES string of the molecule is C[C@H](CCC#N)C1CCCC1. The first-order chi connectivity index (χ1) is 5.34. The van der Waals surface area contributed by atoms with Crippen LogP contribution in [-0.4, -0.2) is 0 Å². The van der Waals surface area contributed by atoms with E-state index in [1.807, 2.05) is 0 Å². The lowest BCUT2D eigenvalue weighted by Crippen LogP contribution is -2.06. The van der Waals surface area contributed by atoms with E-state index in [0.29, 0.717) is 0 Å². The maximum atomic E-state index is 8.41. The van der Waals surface area contributed by atoms with Gasteiger partial charge in [0.1, 0.15) is 0 Å². The van der Waals surface area contributed by atoms with Gasteiger partial charge >= 0.3 is 0 Å². The molecule has 1 aliphatic rings. The first-order valence-electron chi connectivity index (χ1n) is 4.71. The molecule has 62 valence electrons. The van der Waals surface area contributed by atoms with Gasteiger partial charge in [0.25, 0.3) is 0 Å².